The number of hydrogen-bond donors (Lipinski definition) is 2. The monoisotopic (exact) mass is 463 g/mol. The van der Waals surface area contributed by atoms with Gasteiger partial charge in [0.2, 0.25) is 10.0 Å². The molecule has 2 amide bonds. The average molecular weight is 464 g/mol. The van der Waals surface area contributed by atoms with Crippen molar-refractivity contribution in [2.24, 2.45) is 0 Å². The lowest BCUT2D eigenvalue weighted by Crippen LogP contribution is -2.34. The molecule has 0 spiro atoms. The summed E-state index contributed by atoms with van der Waals surface area (Å²) in [7, 11) is -3.44. The van der Waals surface area contributed by atoms with Gasteiger partial charge in [0, 0.05) is 11.6 Å². The topological polar surface area (TPSA) is 105 Å². The number of hydrogen-bond acceptors (Lipinski definition) is 5. The molecule has 1 aliphatic heterocycles. The molecule has 1 aliphatic rings. The van der Waals surface area contributed by atoms with Gasteiger partial charge in [0.25, 0.3) is 5.91 Å². The third-order valence-corrected chi connectivity index (χ3v) is 5.99. The normalized spacial score (nSPS) is 15.8. The van der Waals surface area contributed by atoms with Gasteiger partial charge in [-0.25, -0.2) is 17.6 Å². The summed E-state index contributed by atoms with van der Waals surface area (Å²) in [6.45, 7) is 6.92. The molecule has 0 saturated carbocycles. The molecule has 2 N–H and O–H groups in total. The number of halogens is 1. The zero-order valence-electron chi connectivity index (χ0n) is 18.5. The second-order valence-corrected chi connectivity index (χ2v) is 10.6. The van der Waals surface area contributed by atoms with Crippen molar-refractivity contribution in [1.82, 2.24) is 0 Å². The Morgan fingerprint density at radius 2 is 1.78 bits per heavy atom. The molecule has 0 aliphatic carbocycles. The molecule has 3 rings (SSSR count). The number of nitrogens with one attached hydrogen (secondary N) is 2. The van der Waals surface area contributed by atoms with Crippen LogP contribution < -0.4 is 14.9 Å². The van der Waals surface area contributed by atoms with E-state index in [0.29, 0.717) is 12.1 Å². The predicted molar refractivity (Wildman–Crippen MR) is 121 cm³/mol. The lowest BCUT2D eigenvalue weighted by Gasteiger charge is -2.22. The maximum atomic E-state index is 13.8. The number of carbonyl (C=O) groups is 2. The molecule has 1 atom stereocenters. The number of sulfonamides is 1. The van der Waals surface area contributed by atoms with Crippen molar-refractivity contribution in [2.75, 3.05) is 21.2 Å². The Morgan fingerprint density at radius 1 is 1.09 bits per heavy atom. The first kappa shape index (κ1) is 23.5. The van der Waals surface area contributed by atoms with E-state index in [2.05, 4.69) is 10.6 Å². The van der Waals surface area contributed by atoms with E-state index < -0.39 is 33.4 Å². The van der Waals surface area contributed by atoms with Crippen molar-refractivity contribution in [1.29, 1.82) is 0 Å². The number of nitrogens with zero attached hydrogens (tertiary/aromatic N) is 1. The molecule has 2 aromatic rings. The third kappa shape index (κ3) is 5.37. The molecular weight excluding hydrogens is 437 g/mol. The average Bonchev–Trinajstić information content (AvgIpc) is 2.97. The number of amides is 2. The van der Waals surface area contributed by atoms with Crippen LogP contribution in [0.5, 0.6) is 0 Å². The van der Waals surface area contributed by atoms with Crippen molar-refractivity contribution in [2.45, 2.75) is 45.8 Å². The molecule has 172 valence electrons. The number of fused-ring (bicyclic) bond motifs is 1. The minimum atomic E-state index is -3.44. The highest BCUT2D eigenvalue weighted by Crippen LogP contribution is 2.35. The molecule has 10 heteroatoms. The van der Waals surface area contributed by atoms with Crippen LogP contribution in [0, 0.1) is 5.82 Å². The standard InChI is InChI=1S/C22H26FN3O5S/c1-13-10-15-11-14(6-9-19(15)26(13)32(5,29)30)20(27)24-18-12-16(23)7-8-17(18)25-21(28)31-22(2,3)4/h6-9,11-13H,10H2,1-5H3,(H,24,27)(H,25,28). The van der Waals surface area contributed by atoms with E-state index in [0.717, 1.165) is 24.0 Å². The molecule has 0 fully saturated rings. The van der Waals surface area contributed by atoms with Gasteiger partial charge in [-0.2, -0.15) is 0 Å². The molecule has 0 aromatic heterocycles. The van der Waals surface area contributed by atoms with Gasteiger partial charge in [-0.1, -0.05) is 0 Å². The van der Waals surface area contributed by atoms with Crippen molar-refractivity contribution < 1.29 is 27.1 Å². The minimum absolute atomic E-state index is 0.0625. The van der Waals surface area contributed by atoms with Gasteiger partial charge in [-0.05, 0) is 76.1 Å². The van der Waals surface area contributed by atoms with Crippen LogP contribution in [0.4, 0.5) is 26.2 Å². The highest BCUT2D eigenvalue weighted by molar-refractivity contribution is 7.92. The smallest absolute Gasteiger partial charge is 0.412 e. The Balaban J connectivity index is 1.83. The fourth-order valence-corrected chi connectivity index (χ4v) is 4.85. The molecule has 0 radical (unpaired) electrons. The van der Waals surface area contributed by atoms with Crippen LogP contribution in [0.1, 0.15) is 43.6 Å². The van der Waals surface area contributed by atoms with E-state index in [-0.39, 0.29) is 23.0 Å². The molecule has 2 aromatic carbocycles. The van der Waals surface area contributed by atoms with E-state index in [1.54, 1.807) is 39.8 Å². The van der Waals surface area contributed by atoms with Gasteiger partial charge in [-0.15, -0.1) is 0 Å². The van der Waals surface area contributed by atoms with Gasteiger partial charge in [0.05, 0.1) is 23.3 Å². The molecule has 0 saturated heterocycles. The third-order valence-electron chi connectivity index (χ3n) is 4.72. The lowest BCUT2D eigenvalue weighted by atomic mass is 10.1. The quantitative estimate of drug-likeness (QED) is 0.709. The summed E-state index contributed by atoms with van der Waals surface area (Å²) in [5.74, 6) is -1.13. The Labute approximate surface area is 186 Å². The van der Waals surface area contributed by atoms with Gasteiger partial charge in [-0.3, -0.25) is 14.4 Å². The fourth-order valence-electron chi connectivity index (χ4n) is 3.59. The summed E-state index contributed by atoms with van der Waals surface area (Å²) in [4.78, 5) is 24.9. The van der Waals surface area contributed by atoms with Crippen LogP contribution in [0.3, 0.4) is 0 Å². The van der Waals surface area contributed by atoms with E-state index in [9.17, 15) is 22.4 Å². The summed E-state index contributed by atoms with van der Waals surface area (Å²) < 4.78 is 44.5. The zero-order chi connectivity index (χ0) is 23.8. The van der Waals surface area contributed by atoms with Crippen LogP contribution in [-0.4, -0.2) is 38.3 Å². The Kier molecular flexibility index (Phi) is 6.19. The maximum Gasteiger partial charge on any atom is 0.412 e. The number of carbonyl (C=O) groups excluding carboxylic acids is 2. The van der Waals surface area contributed by atoms with Crippen molar-refractivity contribution in [3.8, 4) is 0 Å². The van der Waals surface area contributed by atoms with Crippen LogP contribution >= 0.6 is 0 Å². The zero-order valence-corrected chi connectivity index (χ0v) is 19.3. The van der Waals surface area contributed by atoms with Gasteiger partial charge in [0.1, 0.15) is 11.4 Å². The number of benzene rings is 2. The first-order valence-electron chi connectivity index (χ1n) is 9.98. The Bertz CT molecular complexity index is 1170. The number of rotatable bonds is 4. The largest absolute Gasteiger partial charge is 0.444 e. The van der Waals surface area contributed by atoms with Crippen molar-refractivity contribution in [3.63, 3.8) is 0 Å². The number of ether oxygens (including phenoxy) is 1. The molecule has 0 bridgehead atoms. The second kappa shape index (κ2) is 8.42. The van der Waals surface area contributed by atoms with Gasteiger partial charge in [0.15, 0.2) is 0 Å². The van der Waals surface area contributed by atoms with E-state index >= 15 is 0 Å². The van der Waals surface area contributed by atoms with Crippen LogP contribution in [-0.2, 0) is 21.2 Å². The summed E-state index contributed by atoms with van der Waals surface area (Å²) in [6, 6.07) is 8.01. The lowest BCUT2D eigenvalue weighted by molar-refractivity contribution is 0.0635. The molecule has 1 unspecified atom stereocenters. The second-order valence-electron chi connectivity index (χ2n) is 8.73. The van der Waals surface area contributed by atoms with Gasteiger partial charge < -0.3 is 10.1 Å². The molecule has 1 heterocycles. The molecule has 8 nitrogen and oxygen atoms in total. The molecular formula is C22H26FN3O5S. The molecule has 32 heavy (non-hydrogen) atoms. The highest BCUT2D eigenvalue weighted by Gasteiger charge is 2.32. The fraction of sp³-hybridized carbons (Fsp3) is 0.364. The highest BCUT2D eigenvalue weighted by atomic mass is 32.2. The number of anilines is 3. The predicted octanol–water partition coefficient (Wildman–Crippen LogP) is 4.14. The van der Waals surface area contributed by atoms with Crippen molar-refractivity contribution >= 4 is 39.1 Å². The van der Waals surface area contributed by atoms with Gasteiger partial charge >= 0.3 is 6.09 Å². The minimum Gasteiger partial charge on any atom is -0.444 e. The summed E-state index contributed by atoms with van der Waals surface area (Å²) in [5.41, 5.74) is 1.05. The summed E-state index contributed by atoms with van der Waals surface area (Å²) in [6.07, 6.45) is 0.865. The maximum absolute atomic E-state index is 13.8. The van der Waals surface area contributed by atoms with E-state index in [1.165, 1.54) is 16.4 Å². The van der Waals surface area contributed by atoms with Crippen LogP contribution in [0.25, 0.3) is 0 Å². The van der Waals surface area contributed by atoms with Crippen LogP contribution in [0.15, 0.2) is 36.4 Å². The van der Waals surface area contributed by atoms with Crippen molar-refractivity contribution in [3.05, 3.63) is 53.3 Å². The summed E-state index contributed by atoms with van der Waals surface area (Å²) in [5, 5.41) is 5.10. The SMILES string of the molecule is CC1Cc2cc(C(=O)Nc3cc(F)ccc3NC(=O)OC(C)(C)C)ccc2N1S(C)(=O)=O. The van der Waals surface area contributed by atoms with E-state index in [1.807, 2.05) is 0 Å². The first-order chi connectivity index (χ1) is 14.7. The van der Waals surface area contributed by atoms with Crippen LogP contribution in [0.2, 0.25) is 0 Å². The Hall–Kier alpha value is -3.14. The van der Waals surface area contributed by atoms with E-state index in [4.69, 9.17) is 4.74 Å². The first-order valence-corrected chi connectivity index (χ1v) is 11.8. The summed E-state index contributed by atoms with van der Waals surface area (Å²) >= 11 is 0. The Morgan fingerprint density at radius 3 is 2.41 bits per heavy atom.